The number of anilines is 1. The van der Waals surface area contributed by atoms with Crippen molar-refractivity contribution in [2.45, 2.75) is 26.3 Å². The maximum absolute atomic E-state index is 12.0. The van der Waals surface area contributed by atoms with E-state index >= 15 is 0 Å². The number of aromatic nitrogens is 2. The Hall–Kier alpha value is -2.30. The van der Waals surface area contributed by atoms with Crippen LogP contribution in [0.5, 0.6) is 0 Å². The first-order valence-electron chi connectivity index (χ1n) is 7.24. The normalized spacial score (nSPS) is 12.0. The van der Waals surface area contributed by atoms with Crippen LogP contribution in [0.2, 0.25) is 0 Å². The second-order valence-electron chi connectivity index (χ2n) is 5.10. The van der Waals surface area contributed by atoms with E-state index < -0.39 is 0 Å². The Morgan fingerprint density at radius 2 is 2.24 bits per heavy atom. The van der Waals surface area contributed by atoms with E-state index in [0.717, 1.165) is 17.9 Å². The summed E-state index contributed by atoms with van der Waals surface area (Å²) in [5.41, 5.74) is 1.58. The van der Waals surface area contributed by atoms with E-state index in [2.05, 4.69) is 15.6 Å². The first kappa shape index (κ1) is 15.1. The Labute approximate surface area is 125 Å². The maximum atomic E-state index is 12.0. The minimum atomic E-state index is -0.0369. The topological polar surface area (TPSA) is 59.0 Å². The molecule has 1 amide bonds. The van der Waals surface area contributed by atoms with Crippen LogP contribution < -0.4 is 10.6 Å². The van der Waals surface area contributed by atoms with Crippen LogP contribution in [0.4, 0.5) is 5.69 Å². The van der Waals surface area contributed by atoms with Gasteiger partial charge in [0.25, 0.3) is 5.91 Å². The lowest BCUT2D eigenvalue weighted by Crippen LogP contribution is -2.24. The fourth-order valence-corrected chi connectivity index (χ4v) is 2.20. The van der Waals surface area contributed by atoms with Crippen LogP contribution in [0.3, 0.4) is 0 Å². The zero-order valence-electron chi connectivity index (χ0n) is 12.8. The lowest BCUT2D eigenvalue weighted by molar-refractivity contribution is 0.0953. The molecule has 0 aliphatic rings. The lowest BCUT2D eigenvalue weighted by atomic mass is 10.1. The van der Waals surface area contributed by atoms with Gasteiger partial charge in [0.1, 0.15) is 5.82 Å². The number of carbonyl (C=O) groups is 1. The monoisotopic (exact) mass is 286 g/mol. The van der Waals surface area contributed by atoms with Crippen molar-refractivity contribution in [1.29, 1.82) is 0 Å². The summed E-state index contributed by atoms with van der Waals surface area (Å²) in [6, 6.07) is 7.59. The van der Waals surface area contributed by atoms with E-state index in [1.165, 1.54) is 0 Å². The van der Waals surface area contributed by atoms with Gasteiger partial charge >= 0.3 is 0 Å². The Morgan fingerprint density at radius 1 is 1.43 bits per heavy atom. The first-order valence-corrected chi connectivity index (χ1v) is 7.24. The molecule has 0 aliphatic heterocycles. The molecule has 1 heterocycles. The molecule has 0 fully saturated rings. The molecular weight excluding hydrogens is 264 g/mol. The van der Waals surface area contributed by atoms with Gasteiger partial charge in [0.15, 0.2) is 0 Å². The summed E-state index contributed by atoms with van der Waals surface area (Å²) in [7, 11) is 1.97. The summed E-state index contributed by atoms with van der Waals surface area (Å²) in [5, 5.41) is 6.26. The number of hydrogen-bond donors (Lipinski definition) is 2. The van der Waals surface area contributed by atoms with Gasteiger partial charge in [-0.2, -0.15) is 0 Å². The average Bonchev–Trinajstić information content (AvgIpc) is 2.91. The summed E-state index contributed by atoms with van der Waals surface area (Å²) < 4.78 is 1.98. The molecule has 1 atom stereocenters. The molecule has 2 rings (SSSR count). The Morgan fingerprint density at radius 3 is 2.90 bits per heavy atom. The van der Waals surface area contributed by atoms with Crippen LogP contribution in [-0.4, -0.2) is 22.0 Å². The fourth-order valence-electron chi connectivity index (χ4n) is 2.20. The van der Waals surface area contributed by atoms with Crippen molar-refractivity contribution in [3.05, 3.63) is 48.0 Å². The molecule has 0 bridgehead atoms. The number of nitrogens with zero attached hydrogens (tertiary/aromatic N) is 2. The minimum absolute atomic E-state index is 0.0369. The van der Waals surface area contributed by atoms with Crippen LogP contribution >= 0.6 is 0 Å². The molecule has 21 heavy (non-hydrogen) atoms. The molecular formula is C16H22N4O. The number of imidazole rings is 1. The van der Waals surface area contributed by atoms with Gasteiger partial charge in [-0.15, -0.1) is 0 Å². The number of rotatable bonds is 6. The van der Waals surface area contributed by atoms with E-state index in [1.807, 2.05) is 55.9 Å². The Kier molecular flexibility index (Phi) is 4.98. The van der Waals surface area contributed by atoms with Gasteiger partial charge in [-0.25, -0.2) is 4.98 Å². The molecule has 0 saturated carbocycles. The first-order chi connectivity index (χ1) is 10.1. The predicted molar refractivity (Wildman–Crippen MR) is 84.3 cm³/mol. The van der Waals surface area contributed by atoms with Gasteiger partial charge in [0, 0.05) is 37.2 Å². The van der Waals surface area contributed by atoms with E-state index in [4.69, 9.17) is 0 Å². The van der Waals surface area contributed by atoms with E-state index in [-0.39, 0.29) is 11.9 Å². The lowest BCUT2D eigenvalue weighted by Gasteiger charge is -2.15. The van der Waals surface area contributed by atoms with Crippen molar-refractivity contribution in [2.24, 2.45) is 7.05 Å². The largest absolute Gasteiger partial charge is 0.375 e. The fraction of sp³-hybridized carbons (Fsp3) is 0.375. The number of aryl methyl sites for hydroxylation is 1. The van der Waals surface area contributed by atoms with Gasteiger partial charge < -0.3 is 15.2 Å². The summed E-state index contributed by atoms with van der Waals surface area (Å²) in [4.78, 5) is 16.3. The van der Waals surface area contributed by atoms with Gasteiger partial charge in [0.2, 0.25) is 0 Å². The highest BCUT2D eigenvalue weighted by Gasteiger charge is 2.11. The standard InChI is InChI=1S/C16H22N4O/c1-4-8-18-16(21)13-6-5-7-14(11-13)19-12(2)15-17-9-10-20(15)3/h5-7,9-12,19H,4,8H2,1-3H3,(H,18,21). The van der Waals surface area contributed by atoms with Crippen LogP contribution in [0.1, 0.15) is 42.5 Å². The molecule has 1 aromatic carbocycles. The predicted octanol–water partition coefficient (Wildman–Crippen LogP) is 2.73. The van der Waals surface area contributed by atoms with Crippen LogP contribution in [0, 0.1) is 0 Å². The van der Waals surface area contributed by atoms with Gasteiger partial charge in [-0.1, -0.05) is 13.0 Å². The molecule has 112 valence electrons. The summed E-state index contributed by atoms with van der Waals surface area (Å²) in [6.45, 7) is 4.78. The third kappa shape index (κ3) is 3.84. The van der Waals surface area contributed by atoms with Crippen LogP contribution in [-0.2, 0) is 7.05 Å². The number of carbonyl (C=O) groups excluding carboxylic acids is 1. The van der Waals surface area contributed by atoms with Gasteiger partial charge in [-0.3, -0.25) is 4.79 Å². The van der Waals surface area contributed by atoms with E-state index in [0.29, 0.717) is 12.1 Å². The highest BCUT2D eigenvalue weighted by molar-refractivity contribution is 5.95. The van der Waals surface area contributed by atoms with Crippen molar-refractivity contribution in [3.63, 3.8) is 0 Å². The van der Waals surface area contributed by atoms with E-state index in [9.17, 15) is 4.79 Å². The summed E-state index contributed by atoms with van der Waals surface area (Å²) >= 11 is 0. The molecule has 0 spiro atoms. The molecule has 1 aromatic heterocycles. The zero-order valence-corrected chi connectivity index (χ0v) is 12.8. The molecule has 0 radical (unpaired) electrons. The van der Waals surface area contributed by atoms with Gasteiger partial charge in [-0.05, 0) is 31.5 Å². The second-order valence-corrected chi connectivity index (χ2v) is 5.10. The quantitative estimate of drug-likeness (QED) is 0.858. The van der Waals surface area contributed by atoms with E-state index in [1.54, 1.807) is 6.20 Å². The van der Waals surface area contributed by atoms with Crippen LogP contribution in [0.15, 0.2) is 36.7 Å². The third-order valence-electron chi connectivity index (χ3n) is 3.29. The SMILES string of the molecule is CCCNC(=O)c1cccc(NC(C)c2nccn2C)c1. The minimum Gasteiger partial charge on any atom is -0.375 e. The second kappa shape index (κ2) is 6.92. The maximum Gasteiger partial charge on any atom is 0.251 e. The van der Waals surface area contributed by atoms with Crippen molar-refractivity contribution in [3.8, 4) is 0 Å². The Balaban J connectivity index is 2.07. The third-order valence-corrected chi connectivity index (χ3v) is 3.29. The number of benzene rings is 1. The number of nitrogens with one attached hydrogen (secondary N) is 2. The summed E-state index contributed by atoms with van der Waals surface area (Å²) in [5.74, 6) is 0.918. The van der Waals surface area contributed by atoms with Crippen molar-refractivity contribution in [1.82, 2.24) is 14.9 Å². The van der Waals surface area contributed by atoms with Crippen molar-refractivity contribution >= 4 is 11.6 Å². The van der Waals surface area contributed by atoms with Crippen LogP contribution in [0.25, 0.3) is 0 Å². The molecule has 5 nitrogen and oxygen atoms in total. The van der Waals surface area contributed by atoms with Crippen molar-refractivity contribution in [2.75, 3.05) is 11.9 Å². The zero-order chi connectivity index (χ0) is 15.2. The molecule has 0 aliphatic carbocycles. The highest BCUT2D eigenvalue weighted by Crippen LogP contribution is 2.18. The molecule has 0 saturated heterocycles. The highest BCUT2D eigenvalue weighted by atomic mass is 16.1. The number of hydrogen-bond acceptors (Lipinski definition) is 3. The molecule has 2 N–H and O–H groups in total. The van der Waals surface area contributed by atoms with Gasteiger partial charge in [0.05, 0.1) is 6.04 Å². The molecule has 2 aromatic rings. The molecule has 5 heteroatoms. The average molecular weight is 286 g/mol. The summed E-state index contributed by atoms with van der Waals surface area (Å²) in [6.07, 6.45) is 4.63. The molecule has 1 unspecified atom stereocenters. The smallest absolute Gasteiger partial charge is 0.251 e. The number of amides is 1. The Bertz CT molecular complexity index is 606. The van der Waals surface area contributed by atoms with Crippen molar-refractivity contribution < 1.29 is 4.79 Å².